The molecule has 2 N–H and O–H groups in total. The van der Waals surface area contributed by atoms with E-state index in [9.17, 15) is 12.8 Å². The van der Waals surface area contributed by atoms with Gasteiger partial charge in [-0.2, -0.15) is 5.10 Å². The van der Waals surface area contributed by atoms with Gasteiger partial charge in [0.25, 0.3) is 0 Å². The molecule has 33 heavy (non-hydrogen) atoms. The van der Waals surface area contributed by atoms with Crippen LogP contribution >= 0.6 is 11.3 Å². The minimum atomic E-state index is -3.97. The Hall–Kier alpha value is -3.51. The fourth-order valence-corrected chi connectivity index (χ4v) is 6.07. The van der Waals surface area contributed by atoms with Gasteiger partial charge in [-0.3, -0.25) is 5.10 Å². The van der Waals surface area contributed by atoms with Crippen molar-refractivity contribution in [2.75, 3.05) is 0 Å². The fourth-order valence-electron chi connectivity index (χ4n) is 3.55. The molecule has 0 atom stereocenters. The molecule has 3 heterocycles. The molecule has 12 heteroatoms. The van der Waals surface area contributed by atoms with Crippen LogP contribution in [-0.4, -0.2) is 33.6 Å². The van der Waals surface area contributed by atoms with Crippen molar-refractivity contribution in [2.45, 2.75) is 16.9 Å². The Kier molecular flexibility index (Phi) is 5.05. The number of hydrogen-bond acceptors (Lipinski definition) is 6. The van der Waals surface area contributed by atoms with Gasteiger partial charge >= 0.3 is 0 Å². The number of thiazole rings is 1. The average molecular weight is 490 g/mol. The minimum Gasteiger partial charge on any atom is -0.343 e. The summed E-state index contributed by atoms with van der Waals surface area (Å²) in [5.74, 6) is -3.15. The van der Waals surface area contributed by atoms with E-state index in [1.165, 1.54) is 24.5 Å². The Bertz CT molecular complexity index is 1610. The monoisotopic (exact) mass is 489 g/mol. The highest BCUT2D eigenvalue weighted by molar-refractivity contribution is 7.92. The standard InChI is InChI=1S/C21H14F3N5O2S2/c1-10-27-8-16(32-10)33(30,31)9-11-6-12(22)7-15(17(11)23)13-2-3-14-19(18(13)24)28-29-20(14)21-25-4-5-26-21/h2-8H,9H2,1H3,(H,25,26)(H,28,29). The molecule has 0 unspecified atom stereocenters. The lowest BCUT2D eigenvalue weighted by Gasteiger charge is -2.11. The van der Waals surface area contributed by atoms with E-state index in [1.54, 1.807) is 13.1 Å². The molecule has 0 saturated heterocycles. The fraction of sp³-hybridized carbons (Fsp3) is 0.0952. The molecule has 0 radical (unpaired) electrons. The Morgan fingerprint density at radius 2 is 1.88 bits per heavy atom. The Morgan fingerprint density at radius 1 is 1.06 bits per heavy atom. The Morgan fingerprint density at radius 3 is 2.58 bits per heavy atom. The molecule has 168 valence electrons. The molecule has 0 amide bonds. The lowest BCUT2D eigenvalue weighted by Crippen LogP contribution is -2.07. The van der Waals surface area contributed by atoms with E-state index in [1.807, 2.05) is 0 Å². The first kappa shape index (κ1) is 21.3. The van der Waals surface area contributed by atoms with Gasteiger partial charge in [0, 0.05) is 34.5 Å². The van der Waals surface area contributed by atoms with Crippen molar-refractivity contribution in [2.24, 2.45) is 0 Å². The number of sulfone groups is 1. The molecule has 5 aromatic rings. The maximum Gasteiger partial charge on any atom is 0.193 e. The smallest absolute Gasteiger partial charge is 0.193 e. The zero-order chi connectivity index (χ0) is 23.3. The van der Waals surface area contributed by atoms with Crippen LogP contribution < -0.4 is 0 Å². The van der Waals surface area contributed by atoms with Gasteiger partial charge < -0.3 is 4.98 Å². The molecule has 0 aliphatic rings. The van der Waals surface area contributed by atoms with Gasteiger partial charge in [-0.05, 0) is 25.1 Å². The first-order valence-electron chi connectivity index (χ1n) is 9.54. The number of fused-ring (bicyclic) bond motifs is 1. The van der Waals surface area contributed by atoms with Crippen molar-refractivity contribution in [3.05, 3.63) is 70.9 Å². The number of nitrogens with one attached hydrogen (secondary N) is 2. The summed E-state index contributed by atoms with van der Waals surface area (Å²) in [6, 6.07) is 4.43. The first-order valence-corrected chi connectivity index (χ1v) is 12.0. The summed E-state index contributed by atoms with van der Waals surface area (Å²) in [6.45, 7) is 1.63. The van der Waals surface area contributed by atoms with Crippen LogP contribution in [0.15, 0.2) is 47.1 Å². The van der Waals surface area contributed by atoms with Crippen molar-refractivity contribution in [1.29, 1.82) is 0 Å². The van der Waals surface area contributed by atoms with Crippen LogP contribution in [0.5, 0.6) is 0 Å². The van der Waals surface area contributed by atoms with Gasteiger partial charge in [-0.1, -0.05) is 6.07 Å². The highest BCUT2D eigenvalue weighted by Gasteiger charge is 2.25. The molecule has 0 aliphatic carbocycles. The maximum atomic E-state index is 15.3. The number of H-pyrrole nitrogens is 2. The summed E-state index contributed by atoms with van der Waals surface area (Å²) in [5.41, 5.74) is -0.704. The number of aromatic nitrogens is 5. The highest BCUT2D eigenvalue weighted by Crippen LogP contribution is 2.35. The first-order chi connectivity index (χ1) is 15.7. The second kappa shape index (κ2) is 7.81. The van der Waals surface area contributed by atoms with Gasteiger partial charge in [0.1, 0.15) is 27.1 Å². The molecule has 0 bridgehead atoms. The third kappa shape index (κ3) is 3.70. The van der Waals surface area contributed by atoms with Crippen LogP contribution in [0.2, 0.25) is 0 Å². The van der Waals surface area contributed by atoms with Gasteiger partial charge in [-0.15, -0.1) is 11.3 Å². The van der Waals surface area contributed by atoms with E-state index in [2.05, 4.69) is 25.1 Å². The van der Waals surface area contributed by atoms with Crippen molar-refractivity contribution < 1.29 is 21.6 Å². The third-order valence-corrected chi connectivity index (χ3v) is 8.18. The second-order valence-electron chi connectivity index (χ2n) is 7.24. The average Bonchev–Trinajstić information content (AvgIpc) is 3.51. The molecule has 0 spiro atoms. The quantitative estimate of drug-likeness (QED) is 0.370. The number of benzene rings is 2. The summed E-state index contributed by atoms with van der Waals surface area (Å²) in [6.07, 6.45) is 4.30. The minimum absolute atomic E-state index is 0.0558. The van der Waals surface area contributed by atoms with Gasteiger partial charge in [0.15, 0.2) is 21.5 Å². The van der Waals surface area contributed by atoms with Gasteiger partial charge in [-0.25, -0.2) is 31.6 Å². The molecule has 0 aliphatic heterocycles. The molecule has 0 fully saturated rings. The summed E-state index contributed by atoms with van der Waals surface area (Å²) in [4.78, 5) is 10.9. The van der Waals surface area contributed by atoms with Crippen molar-refractivity contribution >= 4 is 32.1 Å². The largest absolute Gasteiger partial charge is 0.343 e. The number of imidazole rings is 1. The van der Waals surface area contributed by atoms with Crippen molar-refractivity contribution in [3.8, 4) is 22.6 Å². The van der Waals surface area contributed by atoms with E-state index < -0.39 is 44.2 Å². The van der Waals surface area contributed by atoms with E-state index in [0.717, 1.165) is 23.5 Å². The predicted octanol–water partition coefficient (Wildman–Crippen LogP) is 4.78. The van der Waals surface area contributed by atoms with Crippen LogP contribution in [0.25, 0.3) is 33.5 Å². The van der Waals surface area contributed by atoms with Crippen molar-refractivity contribution in [3.63, 3.8) is 0 Å². The van der Waals surface area contributed by atoms with E-state index in [0.29, 0.717) is 21.9 Å². The highest BCUT2D eigenvalue weighted by atomic mass is 32.2. The van der Waals surface area contributed by atoms with E-state index in [-0.39, 0.29) is 15.3 Å². The summed E-state index contributed by atoms with van der Waals surface area (Å²) in [7, 11) is -3.97. The lowest BCUT2D eigenvalue weighted by molar-refractivity contribution is 0.580. The molecule has 2 aromatic carbocycles. The molecular weight excluding hydrogens is 475 g/mol. The number of halogens is 3. The van der Waals surface area contributed by atoms with E-state index >= 15 is 8.78 Å². The normalized spacial score (nSPS) is 12.0. The Balaban J connectivity index is 1.60. The molecular formula is C21H14F3N5O2S2. The van der Waals surface area contributed by atoms with Crippen LogP contribution in [0, 0.1) is 24.4 Å². The van der Waals surface area contributed by atoms with Crippen LogP contribution in [0.3, 0.4) is 0 Å². The molecule has 0 saturated carbocycles. The molecule has 3 aromatic heterocycles. The van der Waals surface area contributed by atoms with Crippen LogP contribution in [0.4, 0.5) is 13.2 Å². The Labute approximate surface area is 189 Å². The number of aromatic amines is 2. The number of aryl methyl sites for hydroxylation is 1. The zero-order valence-electron chi connectivity index (χ0n) is 16.9. The number of rotatable bonds is 5. The lowest BCUT2D eigenvalue weighted by atomic mass is 10.00. The van der Waals surface area contributed by atoms with Crippen molar-refractivity contribution in [1.82, 2.24) is 25.1 Å². The summed E-state index contributed by atoms with van der Waals surface area (Å²) in [5, 5.41) is 7.57. The predicted molar refractivity (Wildman–Crippen MR) is 117 cm³/mol. The van der Waals surface area contributed by atoms with Gasteiger partial charge in [0.2, 0.25) is 0 Å². The summed E-state index contributed by atoms with van der Waals surface area (Å²) >= 11 is 0.935. The third-order valence-electron chi connectivity index (χ3n) is 5.06. The number of hydrogen-bond donors (Lipinski definition) is 2. The number of nitrogens with zero attached hydrogens (tertiary/aromatic N) is 3. The molecule has 5 rings (SSSR count). The van der Waals surface area contributed by atoms with Gasteiger partial charge in [0.05, 0.1) is 17.0 Å². The summed E-state index contributed by atoms with van der Waals surface area (Å²) < 4.78 is 70.3. The zero-order valence-corrected chi connectivity index (χ0v) is 18.5. The van der Waals surface area contributed by atoms with E-state index in [4.69, 9.17) is 0 Å². The van der Waals surface area contributed by atoms with Crippen LogP contribution in [0.1, 0.15) is 10.6 Å². The SMILES string of the molecule is Cc1ncc(S(=O)(=O)Cc2cc(F)cc(-c3ccc4c(-c5ncc[nH]5)[nH]nc4c3F)c2F)s1. The topological polar surface area (TPSA) is 104 Å². The maximum absolute atomic E-state index is 15.3. The second-order valence-corrected chi connectivity index (χ2v) is 10.7. The van der Waals surface area contributed by atoms with Crippen LogP contribution in [-0.2, 0) is 15.6 Å². The molecule has 7 nitrogen and oxygen atoms in total.